The number of H-pyrrole nitrogens is 1. The monoisotopic (exact) mass is 421 g/mol. The molecule has 152 valence electrons. The number of hydrogen-bond donors (Lipinski definition) is 2. The third kappa shape index (κ3) is 3.41. The lowest BCUT2D eigenvalue weighted by Gasteiger charge is -2.24. The van der Waals surface area contributed by atoms with E-state index in [-0.39, 0.29) is 5.82 Å². The number of carbonyl (C=O) groups excluding carboxylic acids is 1. The second-order valence-corrected chi connectivity index (χ2v) is 8.51. The Kier molecular flexibility index (Phi) is 4.67. The van der Waals surface area contributed by atoms with Gasteiger partial charge in [0.25, 0.3) is 5.91 Å². The minimum absolute atomic E-state index is 0.243. The highest BCUT2D eigenvalue weighted by Gasteiger charge is 2.20. The van der Waals surface area contributed by atoms with Crippen LogP contribution in [0.4, 0.5) is 4.39 Å². The number of thiophene rings is 1. The van der Waals surface area contributed by atoms with Crippen LogP contribution in [0.3, 0.4) is 0 Å². The van der Waals surface area contributed by atoms with Crippen molar-refractivity contribution in [2.24, 2.45) is 5.73 Å². The maximum Gasteiger partial charge on any atom is 0.258 e. The van der Waals surface area contributed by atoms with Gasteiger partial charge in [0.1, 0.15) is 12.4 Å². The van der Waals surface area contributed by atoms with E-state index in [0.29, 0.717) is 11.5 Å². The van der Waals surface area contributed by atoms with Crippen LogP contribution in [-0.4, -0.2) is 28.9 Å². The maximum atomic E-state index is 13.4. The normalized spacial score (nSPS) is 15.6. The SMILES string of the molecule is NC(=O)c1cc2c(s1)COC=C2CCN1C=CC(c2c[nH]c3cc(F)ccc23)=CC1. The summed E-state index contributed by atoms with van der Waals surface area (Å²) in [6.07, 6.45) is 10.9. The van der Waals surface area contributed by atoms with E-state index in [4.69, 9.17) is 10.5 Å². The van der Waals surface area contributed by atoms with Crippen molar-refractivity contribution < 1.29 is 13.9 Å². The standard InChI is InChI=1S/C23H20FN3O2S/c24-16-1-2-17-19(11-26-20(17)9-16)14-3-6-27(7-4-14)8-5-15-12-29-13-22-18(15)10-21(30-22)23(25)28/h1-4,6,9-12,26H,5,7-8,13H2,(H2,25,28). The van der Waals surface area contributed by atoms with Gasteiger partial charge in [0, 0.05) is 35.8 Å². The van der Waals surface area contributed by atoms with E-state index in [9.17, 15) is 9.18 Å². The maximum absolute atomic E-state index is 13.4. The highest BCUT2D eigenvalue weighted by Crippen LogP contribution is 2.34. The van der Waals surface area contributed by atoms with E-state index in [0.717, 1.165) is 57.6 Å². The Hall–Kier alpha value is -3.32. The molecule has 0 saturated heterocycles. The summed E-state index contributed by atoms with van der Waals surface area (Å²) in [7, 11) is 0. The smallest absolute Gasteiger partial charge is 0.258 e. The van der Waals surface area contributed by atoms with Crippen LogP contribution in [-0.2, 0) is 11.3 Å². The van der Waals surface area contributed by atoms with Crippen molar-refractivity contribution in [3.63, 3.8) is 0 Å². The minimum atomic E-state index is -0.398. The number of nitrogens with one attached hydrogen (secondary N) is 1. The highest BCUT2D eigenvalue weighted by atomic mass is 32.1. The first-order valence-electron chi connectivity index (χ1n) is 9.71. The molecule has 0 aliphatic carbocycles. The molecule has 0 atom stereocenters. The number of amides is 1. The largest absolute Gasteiger partial charge is 0.495 e. The molecule has 1 aromatic carbocycles. The summed E-state index contributed by atoms with van der Waals surface area (Å²) in [6, 6.07) is 6.69. The predicted molar refractivity (Wildman–Crippen MR) is 117 cm³/mol. The Morgan fingerprint density at radius 2 is 2.20 bits per heavy atom. The van der Waals surface area contributed by atoms with Crippen molar-refractivity contribution in [2.45, 2.75) is 13.0 Å². The average molecular weight is 421 g/mol. The number of primary amides is 1. The van der Waals surface area contributed by atoms with Crippen molar-refractivity contribution in [1.29, 1.82) is 0 Å². The molecule has 5 rings (SSSR count). The molecule has 0 bridgehead atoms. The molecule has 0 unspecified atom stereocenters. The van der Waals surface area contributed by atoms with Crippen molar-refractivity contribution in [3.8, 4) is 0 Å². The van der Waals surface area contributed by atoms with E-state index in [1.165, 1.54) is 23.5 Å². The van der Waals surface area contributed by atoms with Gasteiger partial charge in [-0.3, -0.25) is 4.79 Å². The van der Waals surface area contributed by atoms with Crippen molar-refractivity contribution in [2.75, 3.05) is 13.1 Å². The van der Waals surface area contributed by atoms with Crippen LogP contribution in [0.15, 0.2) is 55.1 Å². The lowest BCUT2D eigenvalue weighted by Crippen LogP contribution is -2.21. The van der Waals surface area contributed by atoms with Gasteiger partial charge < -0.3 is 20.4 Å². The summed E-state index contributed by atoms with van der Waals surface area (Å²) in [5, 5.41) is 1.01. The second kappa shape index (κ2) is 7.50. The number of benzene rings is 1. The Morgan fingerprint density at radius 1 is 1.30 bits per heavy atom. The van der Waals surface area contributed by atoms with E-state index in [2.05, 4.69) is 28.2 Å². The predicted octanol–water partition coefficient (Wildman–Crippen LogP) is 4.64. The first-order chi connectivity index (χ1) is 14.6. The Labute approximate surface area is 176 Å². The van der Waals surface area contributed by atoms with Gasteiger partial charge in [-0.15, -0.1) is 11.3 Å². The number of fused-ring (bicyclic) bond motifs is 2. The van der Waals surface area contributed by atoms with Crippen LogP contribution in [0, 0.1) is 5.82 Å². The van der Waals surface area contributed by atoms with Gasteiger partial charge in [-0.25, -0.2) is 4.39 Å². The van der Waals surface area contributed by atoms with Gasteiger partial charge in [0.2, 0.25) is 0 Å². The zero-order valence-corrected chi connectivity index (χ0v) is 17.0. The van der Waals surface area contributed by atoms with Crippen LogP contribution in [0.25, 0.3) is 22.0 Å². The third-order valence-electron chi connectivity index (χ3n) is 5.47. The molecule has 2 aromatic heterocycles. The first kappa shape index (κ1) is 18.7. The van der Waals surface area contributed by atoms with E-state index < -0.39 is 5.91 Å². The quantitative estimate of drug-likeness (QED) is 0.630. The Balaban J connectivity index is 1.26. The number of nitrogens with two attached hydrogens (primary N) is 1. The lowest BCUT2D eigenvalue weighted by molar-refractivity contribution is 0.100. The fourth-order valence-electron chi connectivity index (χ4n) is 3.90. The lowest BCUT2D eigenvalue weighted by atomic mass is 10.0. The topological polar surface area (TPSA) is 71.4 Å². The van der Waals surface area contributed by atoms with Crippen molar-refractivity contribution in [3.05, 3.63) is 81.8 Å². The molecule has 0 spiro atoms. The fraction of sp³-hybridized carbons (Fsp3) is 0.174. The van der Waals surface area contributed by atoms with Crippen LogP contribution in [0.1, 0.15) is 32.1 Å². The van der Waals surface area contributed by atoms with Crippen molar-refractivity contribution >= 4 is 39.3 Å². The molecule has 5 nitrogen and oxygen atoms in total. The van der Waals surface area contributed by atoms with Crippen molar-refractivity contribution in [1.82, 2.24) is 9.88 Å². The average Bonchev–Trinajstić information content (AvgIpc) is 3.37. The summed E-state index contributed by atoms with van der Waals surface area (Å²) in [4.78, 5) is 18.5. The molecule has 2 aliphatic rings. The number of hydrogen-bond acceptors (Lipinski definition) is 4. The molecule has 3 aromatic rings. The number of carbonyl (C=O) groups is 1. The number of allylic oxidation sites excluding steroid dienone is 2. The van der Waals surface area contributed by atoms with Crippen LogP contribution in [0.2, 0.25) is 0 Å². The minimum Gasteiger partial charge on any atom is -0.495 e. The van der Waals surface area contributed by atoms with Gasteiger partial charge in [0.05, 0.1) is 16.0 Å². The number of ether oxygens (including phenoxy) is 1. The molecular formula is C23H20FN3O2S. The molecule has 30 heavy (non-hydrogen) atoms. The molecular weight excluding hydrogens is 401 g/mol. The summed E-state index contributed by atoms with van der Waals surface area (Å²) < 4.78 is 19.0. The van der Waals surface area contributed by atoms with Gasteiger partial charge in [0.15, 0.2) is 0 Å². The van der Waals surface area contributed by atoms with Gasteiger partial charge in [-0.05, 0) is 59.7 Å². The molecule has 0 saturated carbocycles. The van der Waals surface area contributed by atoms with Gasteiger partial charge in [-0.1, -0.05) is 6.08 Å². The molecule has 0 radical (unpaired) electrons. The number of aromatic amines is 1. The summed E-state index contributed by atoms with van der Waals surface area (Å²) in [5.41, 5.74) is 10.6. The molecule has 2 aliphatic heterocycles. The summed E-state index contributed by atoms with van der Waals surface area (Å²) in [6.45, 7) is 2.10. The van der Waals surface area contributed by atoms with E-state index in [1.807, 2.05) is 18.3 Å². The zero-order valence-electron chi connectivity index (χ0n) is 16.2. The van der Waals surface area contributed by atoms with Gasteiger partial charge >= 0.3 is 0 Å². The molecule has 1 amide bonds. The van der Waals surface area contributed by atoms with Crippen LogP contribution >= 0.6 is 11.3 Å². The van der Waals surface area contributed by atoms with Gasteiger partial charge in [-0.2, -0.15) is 0 Å². The van der Waals surface area contributed by atoms with Crippen LogP contribution < -0.4 is 5.73 Å². The third-order valence-corrected chi connectivity index (χ3v) is 6.59. The fourth-order valence-corrected chi connectivity index (χ4v) is 4.87. The number of halogens is 1. The zero-order chi connectivity index (χ0) is 20.7. The Bertz CT molecular complexity index is 1230. The van der Waals surface area contributed by atoms with E-state index in [1.54, 1.807) is 6.26 Å². The number of aromatic nitrogens is 1. The molecule has 7 heteroatoms. The van der Waals surface area contributed by atoms with E-state index >= 15 is 0 Å². The molecule has 4 heterocycles. The summed E-state index contributed by atoms with van der Waals surface area (Å²) in [5.74, 6) is -0.640. The number of nitrogens with zero attached hydrogens (tertiary/aromatic N) is 1. The van der Waals surface area contributed by atoms with Crippen LogP contribution in [0.5, 0.6) is 0 Å². The molecule has 3 N–H and O–H groups in total. The number of rotatable bonds is 5. The second-order valence-electron chi connectivity index (χ2n) is 7.38. The highest BCUT2D eigenvalue weighted by molar-refractivity contribution is 7.14. The Morgan fingerprint density at radius 3 is 3.00 bits per heavy atom. The summed E-state index contributed by atoms with van der Waals surface area (Å²) >= 11 is 1.41. The first-order valence-corrected chi connectivity index (χ1v) is 10.5. The molecule has 0 fully saturated rings.